The van der Waals surface area contributed by atoms with Crippen molar-refractivity contribution in [1.29, 1.82) is 0 Å². The molecular formula is C19H20ClN3O3. The fraction of sp³-hybridized carbons (Fsp3) is 0.316. The molecule has 1 aliphatic heterocycles. The van der Waals surface area contributed by atoms with Gasteiger partial charge < -0.3 is 15.4 Å². The van der Waals surface area contributed by atoms with Gasteiger partial charge in [-0.25, -0.2) is 0 Å². The van der Waals surface area contributed by atoms with Crippen molar-refractivity contribution in [2.75, 3.05) is 18.5 Å². The summed E-state index contributed by atoms with van der Waals surface area (Å²) < 4.78 is 5.48. The maximum Gasteiger partial charge on any atom is 0.269 e. The predicted molar refractivity (Wildman–Crippen MR) is 99.7 cm³/mol. The summed E-state index contributed by atoms with van der Waals surface area (Å²) in [5.74, 6) is -0.653. The highest BCUT2D eigenvalue weighted by atomic mass is 35.5. The fourth-order valence-electron chi connectivity index (χ4n) is 2.72. The number of nitrogens with one attached hydrogen (secondary N) is 2. The lowest BCUT2D eigenvalue weighted by atomic mass is 10.1. The van der Waals surface area contributed by atoms with Crippen LogP contribution in [0.1, 0.15) is 39.3 Å². The number of aromatic nitrogens is 1. The molecule has 1 unspecified atom stereocenters. The zero-order chi connectivity index (χ0) is 18.5. The largest absolute Gasteiger partial charge is 0.376 e. The van der Waals surface area contributed by atoms with Crippen LogP contribution in [0.15, 0.2) is 36.5 Å². The third-order valence-electron chi connectivity index (χ3n) is 4.22. The molecule has 0 aliphatic carbocycles. The number of anilines is 1. The van der Waals surface area contributed by atoms with Gasteiger partial charge in [0, 0.05) is 35.6 Å². The van der Waals surface area contributed by atoms with E-state index in [0.717, 1.165) is 25.0 Å². The van der Waals surface area contributed by atoms with Crippen LogP contribution in [0.3, 0.4) is 0 Å². The molecular weight excluding hydrogens is 354 g/mol. The van der Waals surface area contributed by atoms with Gasteiger partial charge >= 0.3 is 0 Å². The lowest BCUT2D eigenvalue weighted by molar-refractivity contribution is 0.0853. The molecule has 26 heavy (non-hydrogen) atoms. The second-order valence-corrected chi connectivity index (χ2v) is 6.62. The van der Waals surface area contributed by atoms with Gasteiger partial charge in [-0.15, -0.1) is 0 Å². The van der Waals surface area contributed by atoms with Crippen LogP contribution in [-0.2, 0) is 4.74 Å². The molecule has 3 rings (SSSR count). The predicted octanol–water partition coefficient (Wildman–Crippen LogP) is 3.20. The molecule has 2 heterocycles. The number of benzene rings is 1. The summed E-state index contributed by atoms with van der Waals surface area (Å²) in [5, 5.41) is 6.14. The van der Waals surface area contributed by atoms with Gasteiger partial charge in [0.05, 0.1) is 6.10 Å². The van der Waals surface area contributed by atoms with Crippen molar-refractivity contribution in [3.8, 4) is 0 Å². The number of hydrogen-bond acceptors (Lipinski definition) is 4. The van der Waals surface area contributed by atoms with Crippen LogP contribution in [0.25, 0.3) is 0 Å². The molecule has 2 N–H and O–H groups in total. The van der Waals surface area contributed by atoms with Crippen LogP contribution in [0.4, 0.5) is 5.69 Å². The molecule has 0 bridgehead atoms. The number of aryl methyl sites for hydroxylation is 1. The first kappa shape index (κ1) is 18.4. The van der Waals surface area contributed by atoms with E-state index in [9.17, 15) is 9.59 Å². The van der Waals surface area contributed by atoms with Gasteiger partial charge in [0.2, 0.25) is 0 Å². The minimum absolute atomic E-state index is 0.0521. The Morgan fingerprint density at radius 3 is 2.88 bits per heavy atom. The van der Waals surface area contributed by atoms with Gasteiger partial charge in [0.25, 0.3) is 11.8 Å². The standard InChI is InChI=1S/C19H20ClN3O3/c1-12-4-5-14(20)10-16(12)23-18(24)13-6-7-21-17(9-13)19(25)22-11-15-3-2-8-26-15/h4-7,9-10,15H,2-3,8,11H2,1H3,(H,22,25)(H,23,24). The first-order valence-corrected chi connectivity index (χ1v) is 8.84. The number of carbonyl (C=O) groups is 2. The highest BCUT2D eigenvalue weighted by Gasteiger charge is 2.18. The quantitative estimate of drug-likeness (QED) is 0.843. The zero-order valence-electron chi connectivity index (χ0n) is 14.4. The Morgan fingerprint density at radius 1 is 1.27 bits per heavy atom. The summed E-state index contributed by atoms with van der Waals surface area (Å²) in [4.78, 5) is 28.8. The maximum atomic E-state index is 12.5. The monoisotopic (exact) mass is 373 g/mol. The molecule has 0 radical (unpaired) electrons. The van der Waals surface area contributed by atoms with Crippen LogP contribution in [0, 0.1) is 6.92 Å². The van der Waals surface area contributed by atoms with Crippen molar-refractivity contribution < 1.29 is 14.3 Å². The summed E-state index contributed by atoms with van der Waals surface area (Å²) in [7, 11) is 0. The van der Waals surface area contributed by atoms with Crippen molar-refractivity contribution in [3.63, 3.8) is 0 Å². The first-order chi connectivity index (χ1) is 12.5. The molecule has 0 spiro atoms. The van der Waals surface area contributed by atoms with E-state index in [1.807, 2.05) is 13.0 Å². The van der Waals surface area contributed by atoms with E-state index in [0.29, 0.717) is 22.8 Å². The van der Waals surface area contributed by atoms with Gasteiger partial charge in [-0.1, -0.05) is 17.7 Å². The Bertz CT molecular complexity index is 819. The van der Waals surface area contributed by atoms with Crippen molar-refractivity contribution in [1.82, 2.24) is 10.3 Å². The summed E-state index contributed by atoms with van der Waals surface area (Å²) >= 11 is 5.98. The van der Waals surface area contributed by atoms with E-state index in [1.54, 1.807) is 18.2 Å². The molecule has 1 saturated heterocycles. The van der Waals surface area contributed by atoms with E-state index in [1.165, 1.54) is 12.3 Å². The van der Waals surface area contributed by atoms with Crippen molar-refractivity contribution in [2.24, 2.45) is 0 Å². The molecule has 6 nitrogen and oxygen atoms in total. The SMILES string of the molecule is Cc1ccc(Cl)cc1NC(=O)c1ccnc(C(=O)NCC2CCCO2)c1. The molecule has 7 heteroatoms. The van der Waals surface area contributed by atoms with Crippen LogP contribution in [0.5, 0.6) is 0 Å². The Balaban J connectivity index is 1.66. The third-order valence-corrected chi connectivity index (χ3v) is 4.45. The summed E-state index contributed by atoms with van der Waals surface area (Å²) in [6.07, 6.45) is 3.45. The number of ether oxygens (including phenoxy) is 1. The summed E-state index contributed by atoms with van der Waals surface area (Å²) in [6.45, 7) is 3.05. The minimum atomic E-state index is -0.328. The molecule has 136 valence electrons. The highest BCUT2D eigenvalue weighted by molar-refractivity contribution is 6.31. The van der Waals surface area contributed by atoms with Crippen LogP contribution in [0.2, 0.25) is 5.02 Å². The lowest BCUT2D eigenvalue weighted by Crippen LogP contribution is -2.32. The van der Waals surface area contributed by atoms with Gasteiger partial charge in [-0.05, 0) is 49.6 Å². The number of hydrogen-bond donors (Lipinski definition) is 2. The van der Waals surface area contributed by atoms with Crippen molar-refractivity contribution >= 4 is 29.1 Å². The number of pyridine rings is 1. The van der Waals surface area contributed by atoms with E-state index in [2.05, 4.69) is 15.6 Å². The minimum Gasteiger partial charge on any atom is -0.376 e. The van der Waals surface area contributed by atoms with Gasteiger partial charge in [-0.2, -0.15) is 0 Å². The Labute approximate surface area is 156 Å². The number of halogens is 1. The summed E-state index contributed by atoms with van der Waals surface area (Å²) in [5.41, 5.74) is 2.06. The summed E-state index contributed by atoms with van der Waals surface area (Å²) in [6, 6.07) is 8.31. The van der Waals surface area contributed by atoms with E-state index in [4.69, 9.17) is 16.3 Å². The second kappa shape index (κ2) is 8.29. The molecule has 1 aromatic heterocycles. The molecule has 2 aromatic rings. The van der Waals surface area contributed by atoms with E-state index < -0.39 is 0 Å². The smallest absolute Gasteiger partial charge is 0.269 e. The maximum absolute atomic E-state index is 12.5. The topological polar surface area (TPSA) is 80.3 Å². The molecule has 1 aliphatic rings. The van der Waals surface area contributed by atoms with E-state index >= 15 is 0 Å². The van der Waals surface area contributed by atoms with Crippen LogP contribution < -0.4 is 10.6 Å². The van der Waals surface area contributed by atoms with Gasteiger partial charge in [0.1, 0.15) is 5.69 Å². The zero-order valence-corrected chi connectivity index (χ0v) is 15.2. The normalized spacial score (nSPS) is 16.3. The number of amides is 2. The molecule has 2 amide bonds. The Morgan fingerprint density at radius 2 is 2.12 bits per heavy atom. The van der Waals surface area contributed by atoms with Gasteiger partial charge in [0.15, 0.2) is 0 Å². The Hall–Kier alpha value is -2.44. The molecule has 0 saturated carbocycles. The van der Waals surface area contributed by atoms with Crippen molar-refractivity contribution in [2.45, 2.75) is 25.9 Å². The lowest BCUT2D eigenvalue weighted by Gasteiger charge is -2.11. The average molecular weight is 374 g/mol. The second-order valence-electron chi connectivity index (χ2n) is 6.19. The Kier molecular flexibility index (Phi) is 5.85. The first-order valence-electron chi connectivity index (χ1n) is 8.46. The van der Waals surface area contributed by atoms with Gasteiger partial charge in [-0.3, -0.25) is 14.6 Å². The average Bonchev–Trinajstić information content (AvgIpc) is 3.16. The molecule has 1 fully saturated rings. The highest BCUT2D eigenvalue weighted by Crippen LogP contribution is 2.21. The number of nitrogens with zero attached hydrogens (tertiary/aromatic N) is 1. The molecule has 1 aromatic carbocycles. The number of carbonyl (C=O) groups excluding carboxylic acids is 2. The van der Waals surface area contributed by atoms with Crippen molar-refractivity contribution in [3.05, 3.63) is 58.4 Å². The van der Waals surface area contributed by atoms with E-state index in [-0.39, 0.29) is 23.6 Å². The van der Waals surface area contributed by atoms with Crippen LogP contribution >= 0.6 is 11.6 Å². The number of rotatable bonds is 5. The molecule has 1 atom stereocenters. The van der Waals surface area contributed by atoms with Crippen LogP contribution in [-0.4, -0.2) is 36.1 Å². The fourth-order valence-corrected chi connectivity index (χ4v) is 2.89. The third kappa shape index (κ3) is 4.59.